The molecule has 0 fully saturated rings. The Labute approximate surface area is 103 Å². The van der Waals surface area contributed by atoms with E-state index in [0.717, 1.165) is 22.5 Å². The van der Waals surface area contributed by atoms with Crippen molar-refractivity contribution in [1.29, 1.82) is 0 Å². The summed E-state index contributed by atoms with van der Waals surface area (Å²) in [5.41, 5.74) is 1.17. The molecule has 0 bridgehead atoms. The van der Waals surface area contributed by atoms with Crippen LogP contribution >= 0.6 is 15.9 Å². The van der Waals surface area contributed by atoms with Crippen molar-refractivity contribution in [1.82, 2.24) is 9.97 Å². The SMILES string of the molecule is COc1ccc(Cc2ncc(Br)cn2)cc1. The Bertz CT molecular complexity index is 453. The van der Waals surface area contributed by atoms with Gasteiger partial charge in [-0.25, -0.2) is 9.97 Å². The Morgan fingerprint density at radius 3 is 2.31 bits per heavy atom. The predicted octanol–water partition coefficient (Wildman–Crippen LogP) is 2.84. The van der Waals surface area contributed by atoms with Crippen molar-refractivity contribution in [3.05, 3.63) is 52.5 Å². The second-order valence-corrected chi connectivity index (χ2v) is 4.26. The molecule has 2 aromatic rings. The average molecular weight is 279 g/mol. The van der Waals surface area contributed by atoms with Crippen LogP contribution in [0.4, 0.5) is 0 Å². The van der Waals surface area contributed by atoms with E-state index in [4.69, 9.17) is 4.74 Å². The van der Waals surface area contributed by atoms with Crippen LogP contribution in [-0.4, -0.2) is 17.1 Å². The van der Waals surface area contributed by atoms with Gasteiger partial charge in [0.1, 0.15) is 11.6 Å². The molecule has 0 saturated heterocycles. The number of methoxy groups -OCH3 is 1. The average Bonchev–Trinajstić information content (AvgIpc) is 2.33. The molecular formula is C12H11BrN2O. The van der Waals surface area contributed by atoms with Gasteiger partial charge in [-0.05, 0) is 33.6 Å². The molecule has 16 heavy (non-hydrogen) atoms. The van der Waals surface area contributed by atoms with E-state index in [0.29, 0.717) is 0 Å². The highest BCUT2D eigenvalue weighted by Crippen LogP contribution is 2.13. The fourth-order valence-electron chi connectivity index (χ4n) is 1.36. The van der Waals surface area contributed by atoms with Crippen LogP contribution in [0.15, 0.2) is 41.1 Å². The standard InChI is InChI=1S/C12H11BrN2O/c1-16-11-4-2-9(3-5-11)6-12-14-7-10(13)8-15-12/h2-5,7-8H,6H2,1H3. The molecular weight excluding hydrogens is 268 g/mol. The van der Waals surface area contributed by atoms with Gasteiger partial charge in [0.05, 0.1) is 11.6 Å². The van der Waals surface area contributed by atoms with Gasteiger partial charge in [-0.2, -0.15) is 0 Å². The quantitative estimate of drug-likeness (QED) is 0.866. The first-order chi connectivity index (χ1) is 7.78. The monoisotopic (exact) mass is 278 g/mol. The number of rotatable bonds is 3. The number of benzene rings is 1. The molecule has 1 aromatic carbocycles. The minimum absolute atomic E-state index is 0.733. The molecule has 3 nitrogen and oxygen atoms in total. The van der Waals surface area contributed by atoms with Crippen LogP contribution in [0.25, 0.3) is 0 Å². The molecule has 0 N–H and O–H groups in total. The lowest BCUT2D eigenvalue weighted by atomic mass is 10.1. The number of halogens is 1. The van der Waals surface area contributed by atoms with Gasteiger partial charge >= 0.3 is 0 Å². The first-order valence-electron chi connectivity index (χ1n) is 4.87. The maximum Gasteiger partial charge on any atom is 0.132 e. The topological polar surface area (TPSA) is 35.0 Å². The number of aromatic nitrogens is 2. The maximum absolute atomic E-state index is 5.10. The first kappa shape index (κ1) is 11.1. The molecule has 0 amide bonds. The minimum Gasteiger partial charge on any atom is -0.497 e. The predicted molar refractivity (Wildman–Crippen MR) is 65.5 cm³/mol. The smallest absolute Gasteiger partial charge is 0.132 e. The van der Waals surface area contributed by atoms with E-state index in [1.165, 1.54) is 5.56 Å². The largest absolute Gasteiger partial charge is 0.497 e. The minimum atomic E-state index is 0.733. The zero-order chi connectivity index (χ0) is 11.4. The van der Waals surface area contributed by atoms with Crippen LogP contribution in [0.3, 0.4) is 0 Å². The highest BCUT2D eigenvalue weighted by Gasteiger charge is 1.99. The molecule has 0 spiro atoms. The Hall–Kier alpha value is -1.42. The van der Waals surface area contributed by atoms with E-state index in [1.807, 2.05) is 24.3 Å². The van der Waals surface area contributed by atoms with Crippen molar-refractivity contribution >= 4 is 15.9 Å². The fraction of sp³-hybridized carbons (Fsp3) is 0.167. The molecule has 0 saturated carbocycles. The lowest BCUT2D eigenvalue weighted by Gasteiger charge is -2.02. The number of hydrogen-bond donors (Lipinski definition) is 0. The lowest BCUT2D eigenvalue weighted by molar-refractivity contribution is 0.414. The Morgan fingerprint density at radius 1 is 1.12 bits per heavy atom. The summed E-state index contributed by atoms with van der Waals surface area (Å²) in [6.45, 7) is 0. The van der Waals surface area contributed by atoms with E-state index in [9.17, 15) is 0 Å². The third-order valence-electron chi connectivity index (χ3n) is 2.20. The Balaban J connectivity index is 2.11. The van der Waals surface area contributed by atoms with E-state index in [1.54, 1.807) is 19.5 Å². The second kappa shape index (κ2) is 5.07. The number of nitrogens with zero attached hydrogens (tertiary/aromatic N) is 2. The van der Waals surface area contributed by atoms with Crippen molar-refractivity contribution < 1.29 is 4.74 Å². The summed E-state index contributed by atoms with van der Waals surface area (Å²) in [6.07, 6.45) is 4.25. The van der Waals surface area contributed by atoms with E-state index < -0.39 is 0 Å². The van der Waals surface area contributed by atoms with Crippen LogP contribution in [0, 0.1) is 0 Å². The summed E-state index contributed by atoms with van der Waals surface area (Å²) in [6, 6.07) is 7.91. The van der Waals surface area contributed by atoms with Crippen molar-refractivity contribution in [3.8, 4) is 5.75 Å². The highest BCUT2D eigenvalue weighted by molar-refractivity contribution is 9.10. The lowest BCUT2D eigenvalue weighted by Crippen LogP contribution is -1.95. The van der Waals surface area contributed by atoms with Crippen molar-refractivity contribution in [2.75, 3.05) is 7.11 Å². The molecule has 0 atom stereocenters. The van der Waals surface area contributed by atoms with Gasteiger partial charge in [-0.1, -0.05) is 12.1 Å². The molecule has 0 aliphatic heterocycles. The molecule has 82 valence electrons. The third-order valence-corrected chi connectivity index (χ3v) is 2.60. The van der Waals surface area contributed by atoms with Crippen molar-refractivity contribution in [3.63, 3.8) is 0 Å². The molecule has 1 heterocycles. The van der Waals surface area contributed by atoms with Crippen LogP contribution in [0.5, 0.6) is 5.75 Å². The van der Waals surface area contributed by atoms with Crippen molar-refractivity contribution in [2.24, 2.45) is 0 Å². The molecule has 0 radical (unpaired) electrons. The van der Waals surface area contributed by atoms with Gasteiger partial charge in [0.25, 0.3) is 0 Å². The molecule has 1 aromatic heterocycles. The molecule has 0 aliphatic carbocycles. The number of hydrogen-bond acceptors (Lipinski definition) is 3. The van der Waals surface area contributed by atoms with Gasteiger partial charge in [0.15, 0.2) is 0 Å². The van der Waals surface area contributed by atoms with Crippen LogP contribution in [0.1, 0.15) is 11.4 Å². The van der Waals surface area contributed by atoms with E-state index >= 15 is 0 Å². The summed E-state index contributed by atoms with van der Waals surface area (Å²) < 4.78 is 5.99. The highest BCUT2D eigenvalue weighted by atomic mass is 79.9. The zero-order valence-electron chi connectivity index (χ0n) is 8.85. The fourth-order valence-corrected chi connectivity index (χ4v) is 1.56. The second-order valence-electron chi connectivity index (χ2n) is 3.34. The summed E-state index contributed by atoms with van der Waals surface area (Å²) in [5, 5.41) is 0. The molecule has 4 heteroatoms. The first-order valence-corrected chi connectivity index (χ1v) is 5.66. The van der Waals surface area contributed by atoms with Crippen LogP contribution in [0.2, 0.25) is 0 Å². The molecule has 2 rings (SSSR count). The normalized spacial score (nSPS) is 10.1. The van der Waals surface area contributed by atoms with Gasteiger partial charge in [0.2, 0.25) is 0 Å². The zero-order valence-corrected chi connectivity index (χ0v) is 10.4. The van der Waals surface area contributed by atoms with Crippen molar-refractivity contribution in [2.45, 2.75) is 6.42 Å². The van der Waals surface area contributed by atoms with Gasteiger partial charge in [-0.15, -0.1) is 0 Å². The molecule has 0 aliphatic rings. The van der Waals surface area contributed by atoms with Gasteiger partial charge in [-0.3, -0.25) is 0 Å². The third kappa shape index (κ3) is 2.79. The Morgan fingerprint density at radius 2 is 1.75 bits per heavy atom. The Kier molecular flexibility index (Phi) is 3.51. The summed E-state index contributed by atoms with van der Waals surface area (Å²) in [7, 11) is 1.66. The van der Waals surface area contributed by atoms with Gasteiger partial charge in [0, 0.05) is 18.8 Å². The van der Waals surface area contributed by atoms with Crippen LogP contribution in [-0.2, 0) is 6.42 Å². The summed E-state index contributed by atoms with van der Waals surface area (Å²) >= 11 is 3.31. The molecule has 0 unspecified atom stereocenters. The van der Waals surface area contributed by atoms with Gasteiger partial charge < -0.3 is 4.74 Å². The van der Waals surface area contributed by atoms with E-state index in [-0.39, 0.29) is 0 Å². The van der Waals surface area contributed by atoms with E-state index in [2.05, 4.69) is 25.9 Å². The summed E-state index contributed by atoms with van der Waals surface area (Å²) in [5.74, 6) is 1.67. The number of ether oxygens (including phenoxy) is 1. The van der Waals surface area contributed by atoms with Crippen LogP contribution < -0.4 is 4.74 Å². The maximum atomic E-state index is 5.10. The summed E-state index contributed by atoms with van der Waals surface area (Å²) in [4.78, 5) is 8.45.